The number of aromatic nitrogens is 4. The summed E-state index contributed by atoms with van der Waals surface area (Å²) < 4.78 is 12.5. The summed E-state index contributed by atoms with van der Waals surface area (Å²) in [4.78, 5) is 31.6. The van der Waals surface area contributed by atoms with Gasteiger partial charge in [-0.2, -0.15) is 5.10 Å². The van der Waals surface area contributed by atoms with Crippen molar-refractivity contribution in [2.45, 2.75) is 20.0 Å². The number of ether oxygens (including phenoxy) is 1. The number of esters is 1. The van der Waals surface area contributed by atoms with Crippen LogP contribution in [0.4, 0.5) is 5.82 Å². The predicted octanol–water partition coefficient (Wildman–Crippen LogP) is 4.78. The monoisotopic (exact) mass is 481 g/mol. The van der Waals surface area contributed by atoms with E-state index in [0.717, 1.165) is 5.56 Å². The standard InChI is InChI=1S/C27H23N5O4/c1-16-14-22(31-36-16)29-26(33)24(19-12-8-5-9-13-19)35-27(34)20-15-21(18-10-6-4-7-11-18)28-25-23(20)17(2)30-32(25)3/h4-15,24H,1-3H3,(H,29,31,33). The Morgan fingerprint density at radius 3 is 2.36 bits per heavy atom. The maximum Gasteiger partial charge on any atom is 0.340 e. The number of rotatable bonds is 6. The Balaban J connectivity index is 1.55. The number of fused-ring (bicyclic) bond motifs is 1. The second kappa shape index (κ2) is 9.46. The summed E-state index contributed by atoms with van der Waals surface area (Å²) in [5.74, 6) is -0.455. The van der Waals surface area contributed by atoms with Gasteiger partial charge in [0.25, 0.3) is 5.91 Å². The van der Waals surface area contributed by atoms with E-state index in [0.29, 0.717) is 33.7 Å². The van der Waals surface area contributed by atoms with Crippen LogP contribution in [-0.4, -0.2) is 31.8 Å². The first-order chi connectivity index (χ1) is 17.4. The van der Waals surface area contributed by atoms with Crippen molar-refractivity contribution in [3.63, 3.8) is 0 Å². The smallest absolute Gasteiger partial charge is 0.340 e. The summed E-state index contributed by atoms with van der Waals surface area (Å²) in [6, 6.07) is 21.6. The lowest BCUT2D eigenvalue weighted by molar-refractivity contribution is -0.125. The first-order valence-corrected chi connectivity index (χ1v) is 11.3. The fourth-order valence-electron chi connectivity index (χ4n) is 4.05. The summed E-state index contributed by atoms with van der Waals surface area (Å²) in [5.41, 5.74) is 3.39. The van der Waals surface area contributed by atoms with Gasteiger partial charge in [0.2, 0.25) is 6.10 Å². The molecule has 0 radical (unpaired) electrons. The van der Waals surface area contributed by atoms with Gasteiger partial charge >= 0.3 is 5.97 Å². The lowest BCUT2D eigenvalue weighted by Gasteiger charge is -2.18. The Kier molecular flexibility index (Phi) is 6.03. The van der Waals surface area contributed by atoms with Crippen LogP contribution >= 0.6 is 0 Å². The zero-order valence-electron chi connectivity index (χ0n) is 19.9. The molecule has 1 atom stereocenters. The molecule has 1 unspecified atom stereocenters. The lowest BCUT2D eigenvalue weighted by atomic mass is 10.0. The predicted molar refractivity (Wildman–Crippen MR) is 133 cm³/mol. The number of anilines is 1. The molecule has 5 rings (SSSR count). The fraction of sp³-hybridized carbons (Fsp3) is 0.148. The minimum Gasteiger partial charge on any atom is -0.444 e. The van der Waals surface area contributed by atoms with E-state index in [2.05, 4.69) is 15.6 Å². The molecule has 36 heavy (non-hydrogen) atoms. The molecule has 0 bridgehead atoms. The van der Waals surface area contributed by atoms with Gasteiger partial charge in [-0.1, -0.05) is 65.8 Å². The molecule has 0 saturated heterocycles. The van der Waals surface area contributed by atoms with Crippen LogP contribution < -0.4 is 5.32 Å². The van der Waals surface area contributed by atoms with Crippen molar-refractivity contribution in [1.82, 2.24) is 19.9 Å². The van der Waals surface area contributed by atoms with Crippen molar-refractivity contribution < 1.29 is 18.8 Å². The van der Waals surface area contributed by atoms with E-state index >= 15 is 0 Å². The maximum absolute atomic E-state index is 13.6. The van der Waals surface area contributed by atoms with Crippen LogP contribution in [0.1, 0.15) is 33.5 Å². The highest BCUT2D eigenvalue weighted by atomic mass is 16.5. The van der Waals surface area contributed by atoms with Gasteiger partial charge in [-0.25, -0.2) is 9.78 Å². The molecule has 9 nitrogen and oxygen atoms in total. The largest absolute Gasteiger partial charge is 0.444 e. The van der Waals surface area contributed by atoms with E-state index in [1.807, 2.05) is 36.4 Å². The highest BCUT2D eigenvalue weighted by Gasteiger charge is 2.29. The first kappa shape index (κ1) is 23.0. The Morgan fingerprint density at radius 1 is 1.00 bits per heavy atom. The van der Waals surface area contributed by atoms with Crippen LogP contribution in [0.5, 0.6) is 0 Å². The lowest BCUT2D eigenvalue weighted by Crippen LogP contribution is -2.26. The molecule has 0 aliphatic rings. The number of pyridine rings is 1. The Labute approximate surface area is 206 Å². The summed E-state index contributed by atoms with van der Waals surface area (Å²) >= 11 is 0. The van der Waals surface area contributed by atoms with Crippen LogP contribution in [0.3, 0.4) is 0 Å². The molecule has 0 spiro atoms. The van der Waals surface area contributed by atoms with Crippen LogP contribution in [0, 0.1) is 13.8 Å². The SMILES string of the molecule is Cc1cc(NC(=O)C(OC(=O)c2cc(-c3ccccc3)nc3c2c(C)nn3C)c2ccccc2)no1. The molecule has 0 fully saturated rings. The molecule has 0 aliphatic carbocycles. The van der Waals surface area contributed by atoms with E-state index in [1.165, 1.54) is 0 Å². The van der Waals surface area contributed by atoms with Crippen molar-refractivity contribution in [2.24, 2.45) is 7.05 Å². The highest BCUT2D eigenvalue weighted by molar-refractivity contribution is 6.06. The maximum atomic E-state index is 13.6. The molecule has 3 aromatic heterocycles. The number of hydrogen-bond acceptors (Lipinski definition) is 7. The molecule has 1 amide bonds. The Bertz CT molecular complexity index is 1560. The first-order valence-electron chi connectivity index (χ1n) is 11.3. The van der Waals surface area contributed by atoms with Crippen LogP contribution in [0.2, 0.25) is 0 Å². The average Bonchev–Trinajstić information content (AvgIpc) is 3.43. The van der Waals surface area contributed by atoms with Crippen molar-refractivity contribution in [1.29, 1.82) is 0 Å². The van der Waals surface area contributed by atoms with Crippen molar-refractivity contribution >= 4 is 28.7 Å². The van der Waals surface area contributed by atoms with E-state index in [-0.39, 0.29) is 11.4 Å². The molecule has 9 heteroatoms. The van der Waals surface area contributed by atoms with Gasteiger partial charge in [-0.15, -0.1) is 0 Å². The van der Waals surface area contributed by atoms with Crippen molar-refractivity contribution in [2.75, 3.05) is 5.32 Å². The van der Waals surface area contributed by atoms with E-state index in [1.54, 1.807) is 62.0 Å². The summed E-state index contributed by atoms with van der Waals surface area (Å²) in [6.07, 6.45) is -1.23. The molecule has 5 aromatic rings. The number of hydrogen-bond donors (Lipinski definition) is 1. The fourth-order valence-corrected chi connectivity index (χ4v) is 4.05. The molecule has 180 valence electrons. The zero-order valence-corrected chi connectivity index (χ0v) is 19.9. The number of aryl methyl sites for hydroxylation is 3. The van der Waals surface area contributed by atoms with Gasteiger partial charge in [-0.3, -0.25) is 9.48 Å². The van der Waals surface area contributed by atoms with Gasteiger partial charge in [0.15, 0.2) is 11.5 Å². The van der Waals surface area contributed by atoms with Gasteiger partial charge in [-0.05, 0) is 19.9 Å². The van der Waals surface area contributed by atoms with Gasteiger partial charge in [0.05, 0.1) is 22.3 Å². The number of carbonyl (C=O) groups is 2. The molecule has 0 aliphatic heterocycles. The second-order valence-corrected chi connectivity index (χ2v) is 8.34. The van der Waals surface area contributed by atoms with Crippen LogP contribution in [0.15, 0.2) is 77.3 Å². The summed E-state index contributed by atoms with van der Waals surface area (Å²) in [7, 11) is 1.77. The van der Waals surface area contributed by atoms with Crippen molar-refractivity contribution in [3.05, 3.63) is 95.4 Å². The molecule has 2 aromatic carbocycles. The van der Waals surface area contributed by atoms with Crippen LogP contribution in [0.25, 0.3) is 22.3 Å². The number of amides is 1. The molecule has 3 heterocycles. The quantitative estimate of drug-likeness (QED) is 0.347. The van der Waals surface area contributed by atoms with Crippen LogP contribution in [-0.2, 0) is 16.6 Å². The average molecular weight is 482 g/mol. The Hall–Kier alpha value is -4.79. The summed E-state index contributed by atoms with van der Waals surface area (Å²) in [6.45, 7) is 3.52. The number of carbonyl (C=O) groups excluding carboxylic acids is 2. The van der Waals surface area contributed by atoms with Gasteiger partial charge in [0, 0.05) is 24.2 Å². The van der Waals surface area contributed by atoms with E-state index < -0.39 is 18.0 Å². The highest BCUT2D eigenvalue weighted by Crippen LogP contribution is 2.29. The van der Waals surface area contributed by atoms with E-state index in [4.69, 9.17) is 14.2 Å². The number of nitrogens with zero attached hydrogens (tertiary/aromatic N) is 4. The van der Waals surface area contributed by atoms with Gasteiger partial charge < -0.3 is 14.6 Å². The topological polar surface area (TPSA) is 112 Å². The Morgan fingerprint density at radius 2 is 1.69 bits per heavy atom. The number of nitrogens with one attached hydrogen (secondary N) is 1. The van der Waals surface area contributed by atoms with Gasteiger partial charge in [0.1, 0.15) is 5.76 Å². The zero-order chi connectivity index (χ0) is 25.2. The minimum absolute atomic E-state index is 0.232. The molecule has 1 N–H and O–H groups in total. The minimum atomic E-state index is -1.23. The molecular formula is C27H23N5O4. The third kappa shape index (κ3) is 4.46. The van der Waals surface area contributed by atoms with Crippen molar-refractivity contribution in [3.8, 4) is 11.3 Å². The third-order valence-corrected chi connectivity index (χ3v) is 5.70. The molecular weight excluding hydrogens is 458 g/mol. The molecule has 0 saturated carbocycles. The normalized spacial score (nSPS) is 11.9. The number of benzene rings is 2. The summed E-state index contributed by atoms with van der Waals surface area (Å²) in [5, 5.41) is 11.5. The second-order valence-electron chi connectivity index (χ2n) is 8.34. The van der Waals surface area contributed by atoms with E-state index in [9.17, 15) is 9.59 Å². The third-order valence-electron chi connectivity index (χ3n) is 5.70.